The van der Waals surface area contributed by atoms with Gasteiger partial charge in [-0.1, -0.05) is 18.2 Å². The molecule has 0 radical (unpaired) electrons. The molecule has 0 bridgehead atoms. The van der Waals surface area contributed by atoms with Crippen molar-refractivity contribution in [2.45, 2.75) is 19.6 Å². The van der Waals surface area contributed by atoms with E-state index >= 15 is 0 Å². The number of aryl methyl sites for hydroxylation is 1. The molecule has 0 aliphatic rings. The van der Waals surface area contributed by atoms with Crippen molar-refractivity contribution < 1.29 is 22.7 Å². The van der Waals surface area contributed by atoms with Gasteiger partial charge in [-0.15, -0.1) is 0 Å². The first-order valence-corrected chi connectivity index (χ1v) is 6.76. The van der Waals surface area contributed by atoms with Crippen LogP contribution < -0.4 is 10.1 Å². The highest BCUT2D eigenvalue weighted by molar-refractivity contribution is 5.96. The average Bonchev–Trinajstić information content (AvgIpc) is 2.81. The van der Waals surface area contributed by atoms with E-state index in [0.29, 0.717) is 11.3 Å². The van der Waals surface area contributed by atoms with Crippen molar-refractivity contribution in [1.29, 1.82) is 0 Å². The first-order valence-electron chi connectivity index (χ1n) is 6.76. The van der Waals surface area contributed by atoms with Crippen molar-refractivity contribution in [3.63, 3.8) is 0 Å². The molecule has 23 heavy (non-hydrogen) atoms. The van der Waals surface area contributed by atoms with Crippen molar-refractivity contribution in [3.8, 4) is 5.75 Å². The second-order valence-corrected chi connectivity index (χ2v) is 4.92. The first-order chi connectivity index (χ1) is 10.8. The van der Waals surface area contributed by atoms with Crippen LogP contribution in [0.5, 0.6) is 5.75 Å². The summed E-state index contributed by atoms with van der Waals surface area (Å²) in [5, 5.41) is 5.88. The molecule has 0 aliphatic heterocycles. The maximum absolute atomic E-state index is 13.0. The highest BCUT2D eigenvalue weighted by Gasteiger charge is 2.40. The SMILES string of the molecule is COc1ccccc1CNC(=O)c1c(C(F)(F)F)nn(C)c1C. The van der Waals surface area contributed by atoms with Gasteiger partial charge >= 0.3 is 6.18 Å². The number of methoxy groups -OCH3 is 1. The number of alkyl halides is 3. The molecule has 0 saturated carbocycles. The predicted molar refractivity (Wildman–Crippen MR) is 77.1 cm³/mol. The van der Waals surface area contributed by atoms with Crippen LogP contribution in [0.4, 0.5) is 13.2 Å². The number of nitrogens with one attached hydrogen (secondary N) is 1. The standard InChI is InChI=1S/C15H16F3N3O2/c1-9-12(13(15(16,17)18)20-21(9)2)14(22)19-8-10-6-4-5-7-11(10)23-3/h4-7H,8H2,1-3H3,(H,19,22). The maximum Gasteiger partial charge on any atom is 0.435 e. The summed E-state index contributed by atoms with van der Waals surface area (Å²) in [6.07, 6.45) is -4.69. The quantitative estimate of drug-likeness (QED) is 0.939. The van der Waals surface area contributed by atoms with Gasteiger partial charge in [0.1, 0.15) is 5.75 Å². The van der Waals surface area contributed by atoms with Crippen LogP contribution in [-0.4, -0.2) is 22.8 Å². The zero-order valence-electron chi connectivity index (χ0n) is 12.9. The molecule has 0 saturated heterocycles. The fourth-order valence-corrected chi connectivity index (χ4v) is 2.19. The lowest BCUT2D eigenvalue weighted by atomic mass is 10.1. The van der Waals surface area contributed by atoms with Crippen LogP contribution in [0.2, 0.25) is 0 Å². The number of amides is 1. The smallest absolute Gasteiger partial charge is 0.435 e. The van der Waals surface area contributed by atoms with E-state index in [2.05, 4.69) is 10.4 Å². The number of hydrogen-bond donors (Lipinski definition) is 1. The van der Waals surface area contributed by atoms with Gasteiger partial charge in [0.2, 0.25) is 0 Å². The molecule has 0 spiro atoms. The Labute approximate surface area is 131 Å². The van der Waals surface area contributed by atoms with Gasteiger partial charge in [0.25, 0.3) is 5.91 Å². The summed E-state index contributed by atoms with van der Waals surface area (Å²) in [6, 6.07) is 6.94. The van der Waals surface area contributed by atoms with Crippen LogP contribution in [0.25, 0.3) is 0 Å². The molecule has 1 amide bonds. The predicted octanol–water partition coefficient (Wildman–Crippen LogP) is 2.69. The molecule has 1 N–H and O–H groups in total. The molecule has 124 valence electrons. The number of carbonyl (C=O) groups excluding carboxylic acids is 1. The van der Waals surface area contributed by atoms with E-state index in [1.165, 1.54) is 21.1 Å². The van der Waals surface area contributed by atoms with E-state index in [9.17, 15) is 18.0 Å². The third-order valence-electron chi connectivity index (χ3n) is 3.46. The summed E-state index contributed by atoms with van der Waals surface area (Å²) in [4.78, 5) is 12.2. The van der Waals surface area contributed by atoms with Crippen molar-refractivity contribution in [1.82, 2.24) is 15.1 Å². The van der Waals surface area contributed by atoms with E-state index < -0.39 is 23.3 Å². The van der Waals surface area contributed by atoms with E-state index in [4.69, 9.17) is 4.74 Å². The lowest BCUT2D eigenvalue weighted by molar-refractivity contribution is -0.141. The summed E-state index contributed by atoms with van der Waals surface area (Å²) < 4.78 is 45.2. The van der Waals surface area contributed by atoms with E-state index in [1.54, 1.807) is 24.3 Å². The largest absolute Gasteiger partial charge is 0.496 e. The Morgan fingerprint density at radius 1 is 1.35 bits per heavy atom. The molecule has 0 aliphatic carbocycles. The third-order valence-corrected chi connectivity index (χ3v) is 3.46. The summed E-state index contributed by atoms with van der Waals surface area (Å²) in [5.74, 6) is -0.277. The fourth-order valence-electron chi connectivity index (χ4n) is 2.19. The second-order valence-electron chi connectivity index (χ2n) is 4.92. The highest BCUT2D eigenvalue weighted by Crippen LogP contribution is 2.32. The van der Waals surface area contributed by atoms with Crippen LogP contribution in [0, 0.1) is 6.92 Å². The molecule has 1 heterocycles. The summed E-state index contributed by atoms with van der Waals surface area (Å²) in [7, 11) is 2.84. The fraction of sp³-hybridized carbons (Fsp3) is 0.333. The zero-order chi connectivity index (χ0) is 17.2. The zero-order valence-corrected chi connectivity index (χ0v) is 12.9. The summed E-state index contributed by atoms with van der Waals surface area (Å²) in [5.41, 5.74) is -0.835. The van der Waals surface area contributed by atoms with Gasteiger partial charge in [0, 0.05) is 24.8 Å². The van der Waals surface area contributed by atoms with Gasteiger partial charge in [-0.3, -0.25) is 9.48 Å². The normalized spacial score (nSPS) is 11.4. The van der Waals surface area contributed by atoms with Gasteiger partial charge in [-0.05, 0) is 13.0 Å². The number of benzene rings is 1. The number of aromatic nitrogens is 2. The summed E-state index contributed by atoms with van der Waals surface area (Å²) >= 11 is 0. The molecule has 0 unspecified atom stereocenters. The molecule has 0 fully saturated rings. The molecule has 2 rings (SSSR count). The maximum atomic E-state index is 13.0. The van der Waals surface area contributed by atoms with Gasteiger partial charge < -0.3 is 10.1 Å². The average molecular weight is 327 g/mol. The minimum absolute atomic E-state index is 0.0501. The van der Waals surface area contributed by atoms with Crippen LogP contribution >= 0.6 is 0 Å². The van der Waals surface area contributed by atoms with Crippen molar-refractivity contribution in [3.05, 3.63) is 46.8 Å². The van der Waals surface area contributed by atoms with E-state index in [0.717, 1.165) is 4.68 Å². The molecule has 8 heteroatoms. The monoisotopic (exact) mass is 327 g/mol. The number of hydrogen-bond acceptors (Lipinski definition) is 3. The number of ether oxygens (including phenoxy) is 1. The molecule has 2 aromatic rings. The Morgan fingerprint density at radius 3 is 2.61 bits per heavy atom. The highest BCUT2D eigenvalue weighted by atomic mass is 19.4. The molecular weight excluding hydrogens is 311 g/mol. The Bertz CT molecular complexity index is 723. The van der Waals surface area contributed by atoms with E-state index in [-0.39, 0.29) is 12.2 Å². The third kappa shape index (κ3) is 3.46. The summed E-state index contributed by atoms with van der Waals surface area (Å²) in [6.45, 7) is 1.47. The lowest BCUT2D eigenvalue weighted by Gasteiger charge is -2.11. The van der Waals surface area contributed by atoms with Crippen LogP contribution in [0.3, 0.4) is 0 Å². The number of para-hydroxylation sites is 1. The van der Waals surface area contributed by atoms with Gasteiger partial charge in [0.05, 0.1) is 12.7 Å². The van der Waals surface area contributed by atoms with Crippen molar-refractivity contribution in [2.75, 3.05) is 7.11 Å². The van der Waals surface area contributed by atoms with Crippen molar-refractivity contribution in [2.24, 2.45) is 7.05 Å². The molecular formula is C15H16F3N3O2. The molecule has 1 aromatic carbocycles. The topological polar surface area (TPSA) is 56.1 Å². The van der Waals surface area contributed by atoms with Gasteiger partial charge in [-0.2, -0.15) is 18.3 Å². The van der Waals surface area contributed by atoms with Gasteiger partial charge in [0.15, 0.2) is 5.69 Å². The van der Waals surface area contributed by atoms with Gasteiger partial charge in [-0.25, -0.2) is 0 Å². The number of halogens is 3. The minimum Gasteiger partial charge on any atom is -0.496 e. The molecule has 1 aromatic heterocycles. The van der Waals surface area contributed by atoms with Crippen LogP contribution in [0.15, 0.2) is 24.3 Å². The lowest BCUT2D eigenvalue weighted by Crippen LogP contribution is -2.26. The number of nitrogens with zero attached hydrogens (tertiary/aromatic N) is 2. The second kappa shape index (κ2) is 6.31. The van der Waals surface area contributed by atoms with Crippen LogP contribution in [-0.2, 0) is 19.8 Å². The van der Waals surface area contributed by atoms with E-state index in [1.807, 2.05) is 0 Å². The Kier molecular flexibility index (Phi) is 4.63. The van der Waals surface area contributed by atoms with Crippen molar-refractivity contribution >= 4 is 5.91 Å². The number of rotatable bonds is 4. The van der Waals surface area contributed by atoms with Crippen LogP contribution in [0.1, 0.15) is 27.3 Å². The molecule has 0 atom stereocenters. The Morgan fingerprint density at radius 2 is 2.00 bits per heavy atom. The number of carbonyl (C=O) groups is 1. The minimum atomic E-state index is -4.69. The Balaban J connectivity index is 2.25. The Hall–Kier alpha value is -2.51. The molecule has 5 nitrogen and oxygen atoms in total. The first kappa shape index (κ1) is 16.9.